The lowest BCUT2D eigenvalue weighted by molar-refractivity contribution is 0.482. The van der Waals surface area contributed by atoms with Crippen molar-refractivity contribution < 1.29 is 4.74 Å². The van der Waals surface area contributed by atoms with Gasteiger partial charge < -0.3 is 15.4 Å². The number of amidine groups is 2. The van der Waals surface area contributed by atoms with E-state index in [4.69, 9.17) is 4.74 Å². The molecule has 0 aliphatic rings. The Morgan fingerprint density at radius 3 is 1.41 bits per heavy atom. The van der Waals surface area contributed by atoms with Crippen molar-refractivity contribution in [3.8, 4) is 11.5 Å². The highest BCUT2D eigenvalue weighted by atomic mass is 32.2. The fourth-order valence-corrected chi connectivity index (χ4v) is 3.78. The number of benzene rings is 2. The van der Waals surface area contributed by atoms with Gasteiger partial charge in [-0.25, -0.2) is 0 Å². The predicted molar refractivity (Wildman–Crippen MR) is 120 cm³/mol. The first kappa shape index (κ1) is 21.2. The number of nitrogens with one attached hydrogen (secondary N) is 2. The number of hydrogen-bond acceptors (Lipinski definition) is 5. The molecule has 0 fully saturated rings. The smallest absolute Gasteiger partial charge is 0.156 e. The number of rotatable bonds is 6. The molecule has 0 aliphatic carbocycles. The third-order valence-electron chi connectivity index (χ3n) is 3.67. The Bertz CT molecular complexity index is 693. The van der Waals surface area contributed by atoms with Crippen LogP contribution in [-0.4, -0.2) is 38.5 Å². The Morgan fingerprint density at radius 2 is 1.11 bits per heavy atom. The van der Waals surface area contributed by atoms with Gasteiger partial charge in [0.05, 0.1) is 0 Å². The summed E-state index contributed by atoms with van der Waals surface area (Å²) in [6.07, 6.45) is 0. The van der Waals surface area contributed by atoms with Crippen molar-refractivity contribution >= 4 is 33.9 Å². The number of nitrogens with zero attached hydrogens (tertiary/aromatic N) is 2. The minimum atomic E-state index is 0.833. The Balaban J connectivity index is 1.87. The monoisotopic (exact) mass is 402 g/mol. The summed E-state index contributed by atoms with van der Waals surface area (Å²) in [7, 11) is 7.34. The molecule has 144 valence electrons. The molecule has 0 radical (unpaired) electrons. The van der Waals surface area contributed by atoms with E-state index in [9.17, 15) is 0 Å². The topological polar surface area (TPSA) is 58.0 Å². The molecule has 2 N–H and O–H groups in total. The Hall–Kier alpha value is -2.12. The molecule has 0 heterocycles. The van der Waals surface area contributed by atoms with Crippen molar-refractivity contribution in [1.82, 2.24) is 10.6 Å². The first-order valence-electron chi connectivity index (χ1n) is 8.59. The highest BCUT2D eigenvalue weighted by Gasteiger charge is 2.02. The standard InChI is InChI=1S/C20H26N4OS2/c1-21-19(22-2)26-13-15-5-9-17(10-6-15)25-18-11-7-16(8-12-18)14-27-20(23-3)24-4/h5-12H,13-14H2,1-4H3,(H,21,22)(H,23,24). The maximum Gasteiger partial charge on any atom is 0.156 e. The van der Waals surface area contributed by atoms with Gasteiger partial charge in [0.2, 0.25) is 0 Å². The van der Waals surface area contributed by atoms with Crippen LogP contribution in [0.15, 0.2) is 58.5 Å². The molecule has 2 aromatic carbocycles. The molecule has 0 aromatic heterocycles. The van der Waals surface area contributed by atoms with Gasteiger partial charge in [-0.3, -0.25) is 9.98 Å². The van der Waals surface area contributed by atoms with Crippen molar-refractivity contribution in [2.75, 3.05) is 28.2 Å². The van der Waals surface area contributed by atoms with Crippen LogP contribution in [0.4, 0.5) is 0 Å². The van der Waals surface area contributed by atoms with Crippen LogP contribution < -0.4 is 15.4 Å². The first-order valence-corrected chi connectivity index (χ1v) is 10.6. The van der Waals surface area contributed by atoms with Crippen LogP contribution in [0.25, 0.3) is 0 Å². The van der Waals surface area contributed by atoms with Crippen molar-refractivity contribution in [3.63, 3.8) is 0 Å². The maximum absolute atomic E-state index is 5.94. The summed E-state index contributed by atoms with van der Waals surface area (Å²) in [5, 5.41) is 8.00. The largest absolute Gasteiger partial charge is 0.457 e. The quantitative estimate of drug-likeness (QED) is 0.555. The van der Waals surface area contributed by atoms with Gasteiger partial charge in [-0.2, -0.15) is 0 Å². The van der Waals surface area contributed by atoms with Crippen LogP contribution in [0.5, 0.6) is 11.5 Å². The molecule has 7 heteroatoms. The molecule has 0 aliphatic heterocycles. The molecule has 0 saturated carbocycles. The van der Waals surface area contributed by atoms with E-state index >= 15 is 0 Å². The normalized spacial score (nSPS) is 12.0. The van der Waals surface area contributed by atoms with E-state index in [-0.39, 0.29) is 0 Å². The molecular weight excluding hydrogens is 376 g/mol. The predicted octanol–water partition coefficient (Wildman–Crippen LogP) is 4.36. The van der Waals surface area contributed by atoms with Gasteiger partial charge in [0.1, 0.15) is 11.5 Å². The number of hydrogen-bond donors (Lipinski definition) is 2. The lowest BCUT2D eigenvalue weighted by Crippen LogP contribution is -2.13. The molecule has 0 unspecified atom stereocenters. The summed E-state index contributed by atoms with van der Waals surface area (Å²) in [5.74, 6) is 3.41. The molecule has 27 heavy (non-hydrogen) atoms. The zero-order valence-electron chi connectivity index (χ0n) is 16.2. The van der Waals surface area contributed by atoms with Gasteiger partial charge in [-0.15, -0.1) is 0 Å². The summed E-state index contributed by atoms with van der Waals surface area (Å²) in [6.45, 7) is 0. The highest BCUT2D eigenvalue weighted by molar-refractivity contribution is 8.13. The molecule has 0 bridgehead atoms. The lowest BCUT2D eigenvalue weighted by atomic mass is 10.2. The highest BCUT2D eigenvalue weighted by Crippen LogP contribution is 2.24. The average molecular weight is 403 g/mol. The van der Waals surface area contributed by atoms with Crippen molar-refractivity contribution in [1.29, 1.82) is 0 Å². The summed E-state index contributed by atoms with van der Waals surface area (Å²) in [6, 6.07) is 16.3. The molecule has 0 spiro atoms. The van der Waals surface area contributed by atoms with Crippen molar-refractivity contribution in [2.45, 2.75) is 11.5 Å². The molecule has 0 amide bonds. The molecule has 2 rings (SSSR count). The van der Waals surface area contributed by atoms with Crippen LogP contribution in [0.1, 0.15) is 11.1 Å². The maximum atomic E-state index is 5.94. The average Bonchev–Trinajstić information content (AvgIpc) is 2.72. The van der Waals surface area contributed by atoms with Crippen LogP contribution in [0, 0.1) is 0 Å². The van der Waals surface area contributed by atoms with E-state index in [1.165, 1.54) is 11.1 Å². The van der Waals surface area contributed by atoms with Gasteiger partial charge in [0, 0.05) is 39.7 Å². The van der Waals surface area contributed by atoms with E-state index in [0.717, 1.165) is 33.3 Å². The van der Waals surface area contributed by atoms with Gasteiger partial charge in [0.15, 0.2) is 10.3 Å². The Labute approximate surface area is 170 Å². The van der Waals surface area contributed by atoms with E-state index in [0.29, 0.717) is 0 Å². The second-order valence-electron chi connectivity index (χ2n) is 5.52. The third kappa shape index (κ3) is 7.19. The number of ether oxygens (including phenoxy) is 1. The number of thioether (sulfide) groups is 2. The summed E-state index contributed by atoms with van der Waals surface area (Å²) < 4.78 is 5.94. The van der Waals surface area contributed by atoms with Crippen molar-refractivity contribution in [2.24, 2.45) is 9.98 Å². The third-order valence-corrected chi connectivity index (χ3v) is 5.94. The van der Waals surface area contributed by atoms with Gasteiger partial charge in [0.25, 0.3) is 0 Å². The SMILES string of the molecule is CN=C(NC)SCc1ccc(Oc2ccc(CSC(=NC)NC)cc2)cc1. The number of aliphatic imine (C=N–C) groups is 2. The second-order valence-corrected chi connectivity index (χ2v) is 7.45. The molecular formula is C20H26N4OS2. The van der Waals surface area contributed by atoms with E-state index in [2.05, 4.69) is 44.9 Å². The molecule has 5 nitrogen and oxygen atoms in total. The Morgan fingerprint density at radius 1 is 0.741 bits per heavy atom. The summed E-state index contributed by atoms with van der Waals surface area (Å²) in [5.41, 5.74) is 2.46. The molecule has 0 atom stereocenters. The lowest BCUT2D eigenvalue weighted by Gasteiger charge is -2.09. The van der Waals surface area contributed by atoms with E-state index in [1.54, 1.807) is 37.6 Å². The fraction of sp³-hybridized carbons (Fsp3) is 0.300. The molecule has 0 saturated heterocycles. The van der Waals surface area contributed by atoms with Crippen LogP contribution in [0.2, 0.25) is 0 Å². The zero-order chi connectivity index (χ0) is 19.5. The van der Waals surface area contributed by atoms with E-state index < -0.39 is 0 Å². The van der Waals surface area contributed by atoms with Crippen LogP contribution >= 0.6 is 23.5 Å². The Kier molecular flexibility index (Phi) is 9.07. The summed E-state index contributed by atoms with van der Waals surface area (Å²) in [4.78, 5) is 8.33. The zero-order valence-corrected chi connectivity index (χ0v) is 17.8. The van der Waals surface area contributed by atoms with Gasteiger partial charge in [-0.1, -0.05) is 47.8 Å². The van der Waals surface area contributed by atoms with E-state index in [1.807, 2.05) is 38.4 Å². The van der Waals surface area contributed by atoms with Crippen molar-refractivity contribution in [3.05, 3.63) is 59.7 Å². The first-order chi connectivity index (χ1) is 13.2. The molecule has 2 aromatic rings. The van der Waals surface area contributed by atoms with Crippen LogP contribution in [0.3, 0.4) is 0 Å². The minimum absolute atomic E-state index is 0.833. The van der Waals surface area contributed by atoms with Crippen LogP contribution in [-0.2, 0) is 11.5 Å². The second kappa shape index (κ2) is 11.6. The fourth-order valence-electron chi connectivity index (χ4n) is 2.24. The minimum Gasteiger partial charge on any atom is -0.457 e. The van der Waals surface area contributed by atoms with Gasteiger partial charge >= 0.3 is 0 Å². The summed E-state index contributed by atoms with van der Waals surface area (Å²) >= 11 is 3.36. The van der Waals surface area contributed by atoms with Gasteiger partial charge in [-0.05, 0) is 35.4 Å².